The zero-order chi connectivity index (χ0) is 83.0. The Labute approximate surface area is 622 Å². The van der Waals surface area contributed by atoms with E-state index in [0.29, 0.717) is 0 Å². The van der Waals surface area contributed by atoms with E-state index in [-0.39, 0.29) is 62.5 Å². The van der Waals surface area contributed by atoms with Crippen LogP contribution < -0.4 is 81.0 Å². The first-order chi connectivity index (χ1) is 50.0. The van der Waals surface area contributed by atoms with Gasteiger partial charge in [0.2, 0.25) is 65.0 Å². The van der Waals surface area contributed by atoms with Gasteiger partial charge in [-0.2, -0.15) is 13.2 Å². The average Bonchev–Trinajstić information content (AvgIpc) is 0.804. The number of nitrogens with one attached hydrogen (secondary N) is 12. The molecule has 1 aromatic rings. The Morgan fingerprint density at radius 1 is 0.639 bits per heavy atom. The Bertz CT molecular complexity index is 3260. The molecule has 0 spiro atoms. The summed E-state index contributed by atoms with van der Waals surface area (Å²) in [7, 11) is 0. The number of nitrogens with zero attached hydrogens (tertiary/aromatic N) is 1. The number of esters is 1. The second kappa shape index (κ2) is 45.6. The van der Waals surface area contributed by atoms with Gasteiger partial charge in [0.25, 0.3) is 5.91 Å². The predicted molar refractivity (Wildman–Crippen MR) is 378 cm³/mol. The fraction of sp³-hybridized carbons (Fsp3) is 0.672. The number of carbonyl (C=O) groups excluding carboxylic acids is 14. The van der Waals surface area contributed by atoms with Crippen LogP contribution in [0.15, 0.2) is 35.3 Å². The van der Waals surface area contributed by atoms with E-state index in [0.717, 1.165) is 6.92 Å². The van der Waals surface area contributed by atoms with Gasteiger partial charge in [-0.05, 0) is 95.0 Å². The van der Waals surface area contributed by atoms with Crippen LogP contribution in [0.2, 0.25) is 0 Å². The smallest absolute Gasteiger partial charge is 0.475 e. The van der Waals surface area contributed by atoms with Crippen LogP contribution in [0.5, 0.6) is 0 Å². The van der Waals surface area contributed by atoms with Crippen molar-refractivity contribution in [1.29, 1.82) is 0 Å². The molecule has 38 nitrogen and oxygen atoms in total. The summed E-state index contributed by atoms with van der Waals surface area (Å²) in [6, 6.07) is -11.8. The fourth-order valence-electron chi connectivity index (χ4n) is 10.0. The lowest BCUT2D eigenvalue weighted by molar-refractivity contribution is -0.192. The number of aliphatic carboxylic acids is 1. The zero-order valence-corrected chi connectivity index (χ0v) is 62.9. The molecule has 0 unspecified atom stereocenters. The number of halogens is 3. The molecule has 2 rings (SSSR count). The minimum absolute atomic E-state index is 0.0171. The van der Waals surface area contributed by atoms with Crippen molar-refractivity contribution in [3.05, 3.63) is 35.9 Å². The van der Waals surface area contributed by atoms with Gasteiger partial charge in [-0.25, -0.2) is 14.4 Å². The number of amides is 13. The first-order valence-corrected chi connectivity index (χ1v) is 34.8. The quantitative estimate of drug-likeness (QED) is 0.0181. The van der Waals surface area contributed by atoms with Crippen molar-refractivity contribution in [2.45, 2.75) is 232 Å². The Morgan fingerprint density at radius 2 is 1.15 bits per heavy atom. The molecule has 1 heterocycles. The van der Waals surface area contributed by atoms with Crippen LogP contribution in [0.3, 0.4) is 0 Å². The molecular formula is C67H109F3N16O22. The minimum Gasteiger partial charge on any atom is -0.475 e. The summed E-state index contributed by atoms with van der Waals surface area (Å²) in [5.74, 6) is -22.1. The number of aliphatic imine (C=N–C) groups is 1. The van der Waals surface area contributed by atoms with Gasteiger partial charge in [0.1, 0.15) is 60.0 Å². The maximum atomic E-state index is 15.6. The molecule has 610 valence electrons. The summed E-state index contributed by atoms with van der Waals surface area (Å²) < 4.78 is 43.1. The zero-order valence-electron chi connectivity index (χ0n) is 62.9. The molecule has 1 fully saturated rings. The number of rotatable bonds is 26. The summed E-state index contributed by atoms with van der Waals surface area (Å²) in [5, 5.41) is 80.5. The highest BCUT2D eigenvalue weighted by molar-refractivity contribution is 6.01. The molecule has 0 radical (unpaired) electrons. The summed E-state index contributed by atoms with van der Waals surface area (Å²) in [6.07, 6.45) is -14.8. The number of primary amides is 1. The van der Waals surface area contributed by atoms with E-state index in [4.69, 9.17) is 36.6 Å². The Balaban J connectivity index is 0.00000790. The fourth-order valence-corrected chi connectivity index (χ4v) is 10.0. The topological polar surface area (TPSA) is 610 Å². The number of alkyl halides is 3. The third-order valence-electron chi connectivity index (χ3n) is 15.8. The van der Waals surface area contributed by atoms with Crippen LogP contribution >= 0.6 is 0 Å². The molecule has 0 saturated carbocycles. The Kier molecular flexibility index (Phi) is 40.5. The van der Waals surface area contributed by atoms with Crippen molar-refractivity contribution in [2.24, 2.45) is 51.8 Å². The van der Waals surface area contributed by atoms with Crippen LogP contribution in [0.4, 0.5) is 18.0 Å². The second-order valence-electron chi connectivity index (χ2n) is 28.2. The number of cyclic esters (lactones) is 1. The SMILES string of the molecule is CC[C@H](C)[C@@H]1NC(=O)[C@@H](CCCN=C(N)N)NC(=O)[C@H](CC(C)C)NC(=O)[C@H]([C@H](O)C(C)C)NC(=O)[C@@H](NC(=O)[C@H](CC(C)C)NC(=O)[C@@H](CC(C)C)NC(=O)OC(C)(C)C)[C@@H](c2ccccc2)OC(=O)[C@H](CO)NC(=O)[C@H]([C@H](O)C(=O)NCC(N)=O)NC(=O)CNC(=O)[C@H]([C@H](C)O)NC1=O.O=C(O)C(F)(F)F. The summed E-state index contributed by atoms with van der Waals surface area (Å²) in [5.41, 5.74) is 15.2. The van der Waals surface area contributed by atoms with Gasteiger partial charge >= 0.3 is 24.2 Å². The monoisotopic (exact) mass is 1550 g/mol. The summed E-state index contributed by atoms with van der Waals surface area (Å²) >= 11 is 0. The van der Waals surface area contributed by atoms with Crippen LogP contribution in [0.1, 0.15) is 147 Å². The molecule has 0 bridgehead atoms. The van der Waals surface area contributed by atoms with Crippen LogP contribution in [0.25, 0.3) is 0 Å². The highest BCUT2D eigenvalue weighted by Crippen LogP contribution is 2.25. The molecule has 13 amide bonds. The van der Waals surface area contributed by atoms with Crippen molar-refractivity contribution in [2.75, 3.05) is 26.2 Å². The molecule has 1 aromatic carbocycles. The molecule has 0 aliphatic carbocycles. The lowest BCUT2D eigenvalue weighted by atomic mass is 9.95. The largest absolute Gasteiger partial charge is 0.490 e. The number of carboxylic acid groups (broad SMARTS) is 1. The number of aliphatic hydroxyl groups is 4. The van der Waals surface area contributed by atoms with Gasteiger partial charge in [-0.15, -0.1) is 0 Å². The van der Waals surface area contributed by atoms with Gasteiger partial charge in [0.05, 0.1) is 31.9 Å². The van der Waals surface area contributed by atoms with E-state index in [1.165, 1.54) is 44.2 Å². The number of nitrogens with two attached hydrogens (primary N) is 3. The van der Waals surface area contributed by atoms with E-state index < -0.39 is 229 Å². The number of aliphatic hydroxyl groups excluding tert-OH is 4. The number of hydrogen-bond acceptors (Lipinski definition) is 22. The van der Waals surface area contributed by atoms with Gasteiger partial charge in [0, 0.05) is 6.54 Å². The molecule has 15 atom stereocenters. The first kappa shape index (κ1) is 96.0. The van der Waals surface area contributed by atoms with Gasteiger partial charge < -0.3 is 116 Å². The van der Waals surface area contributed by atoms with Crippen molar-refractivity contribution in [1.82, 2.24) is 63.8 Å². The third kappa shape index (κ3) is 34.7. The van der Waals surface area contributed by atoms with E-state index in [1.807, 2.05) is 16.0 Å². The van der Waals surface area contributed by atoms with E-state index >= 15 is 14.4 Å². The van der Waals surface area contributed by atoms with Crippen molar-refractivity contribution in [3.63, 3.8) is 0 Å². The number of ether oxygens (including phenoxy) is 2. The maximum absolute atomic E-state index is 15.6. The number of alkyl carbamates (subject to hydrolysis) is 1. The van der Waals surface area contributed by atoms with Crippen molar-refractivity contribution >= 4 is 94.9 Å². The normalized spacial score (nSPS) is 22.5. The lowest BCUT2D eigenvalue weighted by Gasteiger charge is -2.34. The van der Waals surface area contributed by atoms with Gasteiger partial charge in [-0.3, -0.25) is 62.5 Å². The highest BCUT2D eigenvalue weighted by Gasteiger charge is 2.45. The van der Waals surface area contributed by atoms with Gasteiger partial charge in [0.15, 0.2) is 24.2 Å². The van der Waals surface area contributed by atoms with E-state index in [9.17, 15) is 86.3 Å². The molecule has 1 aliphatic heterocycles. The number of guanidine groups is 1. The number of hydrogen-bond donors (Lipinski definition) is 20. The minimum atomic E-state index is -5.08. The third-order valence-corrected chi connectivity index (χ3v) is 15.8. The predicted octanol–water partition coefficient (Wildman–Crippen LogP) is -4.12. The molecule has 41 heteroatoms. The average molecular weight is 1550 g/mol. The van der Waals surface area contributed by atoms with E-state index in [1.54, 1.807) is 76.2 Å². The number of carbonyl (C=O) groups is 15. The van der Waals surface area contributed by atoms with Crippen LogP contribution in [-0.2, 0) is 76.6 Å². The standard InChI is InChI=1S/C65H108N16O20.C2HF3O2/c1-15-34(10)44-57(93)79-45(35(11)83)56(92)71-28-43(85)77-47(50(87)61(97)70-27-42(66)84)59(95)75-41(29-82)62(98)100-51(36-20-17-16-18-21-36)48(81-55(91)39(25-31(4)5)73-54(90)40(26-32(6)7)76-64(99)101-65(12,13)14)60(96)80-46(49(86)33(8)9)58(94)74-38(24-30(2)3)53(89)72-37(52(88)78-44)22-19-23-69-63(67)68;3-2(4,5)1(6)7/h16-18,20-21,30-35,37-41,44-51,82-83,86-87H,15,19,22-29H2,1-14H3,(H2,66,84)(H,70,97)(H,71,92)(H,72,89)(H,73,90)(H,74,94)(H,75,95)(H,76,99)(H,77,85)(H,78,88)(H,79,93)(H,80,96)(H,81,91)(H4,67,68,69);(H,6,7)/t34-,35-,37+,38-,39-,40+,41-,44-,45-,46-,47-,48-,49+,50-,51+;/m0./s1. The maximum Gasteiger partial charge on any atom is 0.490 e. The Hall–Kier alpha value is -10.0. The lowest BCUT2D eigenvalue weighted by Crippen LogP contribution is -2.64. The summed E-state index contributed by atoms with van der Waals surface area (Å²) in [4.78, 5) is 211. The van der Waals surface area contributed by atoms with Crippen LogP contribution in [0, 0.1) is 29.6 Å². The number of benzene rings is 1. The Morgan fingerprint density at radius 3 is 1.64 bits per heavy atom. The van der Waals surface area contributed by atoms with E-state index in [2.05, 4.69) is 52.8 Å². The highest BCUT2D eigenvalue weighted by atomic mass is 19.4. The number of carboxylic acids is 1. The molecule has 23 N–H and O–H groups in total. The molecule has 108 heavy (non-hydrogen) atoms. The molecule has 0 aromatic heterocycles. The molecular weight excluding hydrogens is 1440 g/mol. The van der Waals surface area contributed by atoms with Crippen molar-refractivity contribution < 1.29 is 120 Å². The first-order valence-electron chi connectivity index (χ1n) is 34.8. The second-order valence-corrected chi connectivity index (χ2v) is 28.2. The van der Waals surface area contributed by atoms with Crippen molar-refractivity contribution in [3.8, 4) is 0 Å². The summed E-state index contributed by atoms with van der Waals surface area (Å²) in [6.45, 7) is 18.7. The molecule has 1 aliphatic rings. The van der Waals surface area contributed by atoms with Crippen LogP contribution in [-0.4, -0.2) is 237 Å². The molecule has 1 saturated heterocycles. The van der Waals surface area contributed by atoms with Gasteiger partial charge in [-0.1, -0.05) is 106 Å².